The van der Waals surface area contributed by atoms with Crippen molar-refractivity contribution in [1.29, 1.82) is 0 Å². The smallest absolute Gasteiger partial charge is 0.314 e. The molecule has 17 heavy (non-hydrogen) atoms. The molecule has 0 spiro atoms. The van der Waals surface area contributed by atoms with Crippen molar-refractivity contribution in [2.24, 2.45) is 0 Å². The molecule has 0 bridgehead atoms. The van der Waals surface area contributed by atoms with Gasteiger partial charge in [0.25, 0.3) is 0 Å². The maximum absolute atomic E-state index is 8.74. The normalized spacial score (nSPS) is 9.59. The van der Waals surface area contributed by atoms with Crippen molar-refractivity contribution < 1.29 is 14.4 Å². The summed E-state index contributed by atoms with van der Waals surface area (Å²) in [5.74, 6) is 0. The Bertz CT molecular complexity index is 401. The fourth-order valence-electron chi connectivity index (χ4n) is 1.43. The van der Waals surface area contributed by atoms with Gasteiger partial charge in [0.05, 0.1) is 0 Å². The van der Waals surface area contributed by atoms with E-state index in [4.69, 9.17) is 14.4 Å². The Labute approximate surface area is 101 Å². The molecular weight excluding hydrogens is 235 g/mol. The third-order valence-corrected chi connectivity index (χ3v) is 2.09. The zero-order valence-electron chi connectivity index (χ0n) is 9.28. The Morgan fingerprint density at radius 2 is 1.06 bits per heavy atom. The van der Waals surface area contributed by atoms with Crippen LogP contribution in [0.1, 0.15) is 11.1 Å². The molecule has 4 heteroatoms. The molecule has 0 saturated carbocycles. The second-order valence-electron chi connectivity index (χ2n) is 3.43. The Kier molecular flexibility index (Phi) is 6.26. The van der Waals surface area contributed by atoms with Crippen LogP contribution in [-0.4, -0.2) is 9.79 Å². The largest absolute Gasteiger partial charge is 0.326 e. The van der Waals surface area contributed by atoms with E-state index in [2.05, 4.69) is 60.7 Å². The van der Waals surface area contributed by atoms with Crippen LogP contribution in [0.5, 0.6) is 0 Å². The topological polar surface area (TPSA) is 57.5 Å². The Balaban J connectivity index is 0.000000317. The fourth-order valence-corrected chi connectivity index (χ4v) is 1.43. The lowest BCUT2D eigenvalue weighted by Crippen LogP contribution is -1.85. The van der Waals surface area contributed by atoms with Crippen LogP contribution in [0.25, 0.3) is 0 Å². The summed E-state index contributed by atoms with van der Waals surface area (Å²) in [7, 11) is -3.13. The van der Waals surface area contributed by atoms with Crippen molar-refractivity contribution >= 4 is 8.25 Å². The highest BCUT2D eigenvalue weighted by Crippen LogP contribution is 2.07. The van der Waals surface area contributed by atoms with E-state index in [0.717, 1.165) is 6.42 Å². The summed E-state index contributed by atoms with van der Waals surface area (Å²) in [5, 5.41) is 0. The maximum Gasteiger partial charge on any atom is 0.314 e. The minimum absolute atomic E-state index is 1.03. The van der Waals surface area contributed by atoms with Gasteiger partial charge in [0.2, 0.25) is 0 Å². The van der Waals surface area contributed by atoms with E-state index in [-0.39, 0.29) is 0 Å². The lowest BCUT2D eigenvalue weighted by Gasteiger charge is -2.00. The van der Waals surface area contributed by atoms with E-state index in [1.54, 1.807) is 0 Å². The van der Waals surface area contributed by atoms with Crippen LogP contribution in [0.4, 0.5) is 0 Å². The molecule has 3 nitrogen and oxygen atoms in total. The van der Waals surface area contributed by atoms with Gasteiger partial charge in [0.1, 0.15) is 0 Å². The zero-order valence-corrected chi connectivity index (χ0v) is 10.3. The first kappa shape index (κ1) is 13.7. The molecule has 2 aromatic rings. The summed E-state index contributed by atoms with van der Waals surface area (Å²) in [6.07, 6.45) is 1.03. The number of hydrogen-bond donors (Lipinski definition) is 2. The molecule has 0 atom stereocenters. The third kappa shape index (κ3) is 6.69. The summed E-state index contributed by atoms with van der Waals surface area (Å²) in [4.78, 5) is 14.3. The van der Waals surface area contributed by atoms with Crippen LogP contribution >= 0.6 is 8.25 Å². The SMILES string of the molecule is O=[PH](O)O.c1ccc(Cc2ccccc2)cc1. The maximum atomic E-state index is 8.74. The van der Waals surface area contributed by atoms with Gasteiger partial charge in [-0.3, -0.25) is 4.57 Å². The monoisotopic (exact) mass is 250 g/mol. The van der Waals surface area contributed by atoms with E-state index in [0.29, 0.717) is 0 Å². The first-order valence-electron chi connectivity index (χ1n) is 5.18. The lowest BCUT2D eigenvalue weighted by molar-refractivity contribution is 0.405. The molecule has 0 fully saturated rings. The first-order valence-corrected chi connectivity index (χ1v) is 6.48. The van der Waals surface area contributed by atoms with E-state index < -0.39 is 8.25 Å². The van der Waals surface area contributed by atoms with Crippen LogP contribution < -0.4 is 0 Å². The minimum atomic E-state index is -3.13. The van der Waals surface area contributed by atoms with Gasteiger partial charge in [-0.05, 0) is 17.5 Å². The molecular formula is C13H15O3P. The highest BCUT2D eigenvalue weighted by molar-refractivity contribution is 7.30. The minimum Gasteiger partial charge on any atom is -0.326 e. The van der Waals surface area contributed by atoms with Crippen molar-refractivity contribution in [3.05, 3.63) is 71.8 Å². The molecule has 2 N–H and O–H groups in total. The van der Waals surface area contributed by atoms with Crippen LogP contribution in [-0.2, 0) is 11.0 Å². The molecule has 2 rings (SSSR count). The second kappa shape index (κ2) is 7.80. The van der Waals surface area contributed by atoms with Crippen LogP contribution in [0.2, 0.25) is 0 Å². The number of benzene rings is 2. The number of rotatable bonds is 2. The molecule has 0 radical (unpaired) electrons. The van der Waals surface area contributed by atoms with Gasteiger partial charge in [0, 0.05) is 0 Å². The molecule has 0 aromatic heterocycles. The summed E-state index contributed by atoms with van der Waals surface area (Å²) < 4.78 is 8.74. The molecule has 0 aliphatic carbocycles. The quantitative estimate of drug-likeness (QED) is 0.805. The molecule has 90 valence electrons. The van der Waals surface area contributed by atoms with Crippen molar-refractivity contribution in [3.63, 3.8) is 0 Å². The number of hydrogen-bond acceptors (Lipinski definition) is 1. The highest BCUT2D eigenvalue weighted by atomic mass is 31.1. The van der Waals surface area contributed by atoms with Gasteiger partial charge in [-0.15, -0.1) is 0 Å². The third-order valence-electron chi connectivity index (χ3n) is 2.09. The molecule has 0 amide bonds. The van der Waals surface area contributed by atoms with Crippen LogP contribution in [0.3, 0.4) is 0 Å². The summed E-state index contributed by atoms with van der Waals surface area (Å²) in [5.41, 5.74) is 2.74. The van der Waals surface area contributed by atoms with E-state index in [1.165, 1.54) is 11.1 Å². The van der Waals surface area contributed by atoms with Gasteiger partial charge in [-0.2, -0.15) is 0 Å². The molecule has 0 heterocycles. The zero-order chi connectivity index (χ0) is 12.5. The van der Waals surface area contributed by atoms with Gasteiger partial charge in [0.15, 0.2) is 0 Å². The predicted octanol–water partition coefficient (Wildman–Crippen LogP) is 2.64. The van der Waals surface area contributed by atoms with Gasteiger partial charge >= 0.3 is 8.25 Å². The van der Waals surface area contributed by atoms with Gasteiger partial charge in [-0.25, -0.2) is 0 Å². The fraction of sp³-hybridized carbons (Fsp3) is 0.0769. The van der Waals surface area contributed by atoms with Gasteiger partial charge in [-0.1, -0.05) is 60.7 Å². The van der Waals surface area contributed by atoms with E-state index in [1.807, 2.05) is 0 Å². The molecule has 0 aliphatic heterocycles. The molecule has 0 unspecified atom stereocenters. The Morgan fingerprint density at radius 1 is 0.765 bits per heavy atom. The van der Waals surface area contributed by atoms with Crippen molar-refractivity contribution in [2.75, 3.05) is 0 Å². The van der Waals surface area contributed by atoms with Gasteiger partial charge < -0.3 is 9.79 Å². The van der Waals surface area contributed by atoms with Crippen LogP contribution in [0, 0.1) is 0 Å². The lowest BCUT2D eigenvalue weighted by atomic mass is 10.1. The van der Waals surface area contributed by atoms with E-state index >= 15 is 0 Å². The summed E-state index contributed by atoms with van der Waals surface area (Å²) in [6, 6.07) is 21.1. The van der Waals surface area contributed by atoms with Crippen LogP contribution in [0.15, 0.2) is 60.7 Å². The first-order chi connectivity index (χ1) is 8.18. The van der Waals surface area contributed by atoms with E-state index in [9.17, 15) is 0 Å². The second-order valence-corrected chi connectivity index (χ2v) is 4.00. The Morgan fingerprint density at radius 3 is 1.35 bits per heavy atom. The average Bonchev–Trinajstić information content (AvgIpc) is 2.31. The van der Waals surface area contributed by atoms with Crippen molar-refractivity contribution in [2.45, 2.75) is 6.42 Å². The predicted molar refractivity (Wildman–Crippen MR) is 69.1 cm³/mol. The molecule has 0 saturated heterocycles. The Hall–Kier alpha value is -1.41. The van der Waals surface area contributed by atoms with Crippen molar-refractivity contribution in [3.8, 4) is 0 Å². The summed E-state index contributed by atoms with van der Waals surface area (Å²) in [6.45, 7) is 0. The summed E-state index contributed by atoms with van der Waals surface area (Å²) >= 11 is 0. The highest BCUT2D eigenvalue weighted by Gasteiger charge is 1.92. The molecule has 2 aromatic carbocycles. The van der Waals surface area contributed by atoms with Crippen molar-refractivity contribution in [1.82, 2.24) is 0 Å². The standard InChI is InChI=1S/C13H12.H3O3P/c1-3-7-12(8-4-1)11-13-9-5-2-6-10-13;1-4(2)3/h1-10H,11H2;4H,(H2,1,2,3). The molecule has 0 aliphatic rings. The average molecular weight is 250 g/mol.